The number of nitrogens with one attached hydrogen (secondary N) is 1. The van der Waals surface area contributed by atoms with E-state index in [2.05, 4.69) is 78.9 Å². The number of amides is 2. The van der Waals surface area contributed by atoms with E-state index in [9.17, 15) is 9.59 Å². The number of rotatable bonds is 8. The van der Waals surface area contributed by atoms with Crippen molar-refractivity contribution in [2.24, 2.45) is 0 Å². The first-order valence-corrected chi connectivity index (χ1v) is 12.2. The van der Waals surface area contributed by atoms with Gasteiger partial charge in [0, 0.05) is 0 Å². The molecule has 0 fully saturated rings. The topological polar surface area (TPSA) is 49.4 Å². The van der Waals surface area contributed by atoms with Crippen LogP contribution in [0.2, 0.25) is 0 Å². The maximum absolute atomic E-state index is 13.2. The van der Waals surface area contributed by atoms with E-state index < -0.39 is 0 Å². The molecule has 0 aliphatic heterocycles. The van der Waals surface area contributed by atoms with E-state index in [1.54, 1.807) is 24.1 Å². The number of nitrogens with zero attached hydrogens (tertiary/aromatic N) is 1. The van der Waals surface area contributed by atoms with Gasteiger partial charge in [0.05, 0.1) is 0 Å². The molecule has 2 aromatic carbocycles. The third-order valence-electron chi connectivity index (χ3n) is 5.76. The van der Waals surface area contributed by atoms with Crippen LogP contribution in [0.15, 0.2) is 36.4 Å². The molecule has 0 aliphatic carbocycles. The van der Waals surface area contributed by atoms with Crippen molar-refractivity contribution < 1.29 is 30.3 Å². The van der Waals surface area contributed by atoms with Crippen molar-refractivity contribution in [3.8, 4) is 0 Å². The van der Waals surface area contributed by atoms with E-state index >= 15 is 0 Å². The van der Waals surface area contributed by atoms with Gasteiger partial charge >= 0.3 is 206 Å². The summed E-state index contributed by atoms with van der Waals surface area (Å²) in [6.45, 7) is 17.0. The second-order valence-corrected chi connectivity index (χ2v) is 10.4. The van der Waals surface area contributed by atoms with Gasteiger partial charge in [0.1, 0.15) is 0 Å². The molecule has 0 aliphatic rings. The molecular formula is C27H37N2O2Ti. The molecule has 0 unspecified atom stereocenters. The average Bonchev–Trinajstić information content (AvgIpc) is 2.71. The third kappa shape index (κ3) is 6.11. The Labute approximate surface area is 205 Å². The molecule has 2 amide bonds. The zero-order chi connectivity index (χ0) is 24.2. The van der Waals surface area contributed by atoms with Crippen LogP contribution in [0, 0.1) is 0 Å². The molecule has 4 nitrogen and oxygen atoms in total. The molecule has 0 saturated heterocycles. The number of hydrogen-bond donors (Lipinski definition) is 1. The summed E-state index contributed by atoms with van der Waals surface area (Å²) in [5, 5.41) is 3.07. The van der Waals surface area contributed by atoms with Crippen LogP contribution in [0.3, 0.4) is 0 Å². The van der Waals surface area contributed by atoms with E-state index in [4.69, 9.17) is 0 Å². The van der Waals surface area contributed by atoms with Crippen LogP contribution < -0.4 is 8.70 Å². The Morgan fingerprint density at radius 1 is 0.750 bits per heavy atom. The summed E-state index contributed by atoms with van der Waals surface area (Å²) < 4.78 is 1.67. The average molecular weight is 469 g/mol. The number of hydrogen-bond acceptors (Lipinski definition) is 2. The van der Waals surface area contributed by atoms with Crippen LogP contribution in [-0.2, 0) is 30.3 Å². The molecule has 0 bridgehead atoms. The van der Waals surface area contributed by atoms with Crippen LogP contribution in [0.5, 0.6) is 0 Å². The van der Waals surface area contributed by atoms with Gasteiger partial charge < -0.3 is 0 Å². The van der Waals surface area contributed by atoms with Crippen LogP contribution in [-0.4, -0.2) is 11.8 Å². The first-order valence-electron chi connectivity index (χ1n) is 11.5. The van der Waals surface area contributed by atoms with Gasteiger partial charge in [0.15, 0.2) is 0 Å². The first kappa shape index (κ1) is 26.3. The minimum absolute atomic E-state index is 0.190. The zero-order valence-electron chi connectivity index (χ0n) is 20.7. The van der Waals surface area contributed by atoms with E-state index in [0.717, 1.165) is 33.6 Å². The Hall–Kier alpha value is -1.91. The summed E-state index contributed by atoms with van der Waals surface area (Å²) in [7, 11) is 0. The molecule has 171 valence electrons. The fourth-order valence-electron chi connectivity index (χ4n) is 3.99. The second-order valence-electron chi connectivity index (χ2n) is 9.67. The molecule has 0 radical (unpaired) electrons. The predicted octanol–water partition coefficient (Wildman–Crippen LogP) is 7.00. The van der Waals surface area contributed by atoms with Crippen LogP contribution in [0.25, 0.3) is 0 Å². The quantitative estimate of drug-likeness (QED) is 0.334. The summed E-state index contributed by atoms with van der Waals surface area (Å²) in [5.41, 5.74) is 6.22. The SMILES string of the molecule is CC(C)c1cccc(C(C)C)c1NC(=O)CC(=O)[N]([Ti])c1c(C(C)C)cccc1C(C)C. The van der Waals surface area contributed by atoms with E-state index in [0.29, 0.717) is 0 Å². The van der Waals surface area contributed by atoms with E-state index in [-0.39, 0.29) is 41.9 Å². The molecule has 32 heavy (non-hydrogen) atoms. The van der Waals surface area contributed by atoms with Gasteiger partial charge in [-0.3, -0.25) is 0 Å². The van der Waals surface area contributed by atoms with Gasteiger partial charge in [-0.05, 0) is 0 Å². The predicted molar refractivity (Wildman–Crippen MR) is 130 cm³/mol. The summed E-state index contributed by atoms with van der Waals surface area (Å²) in [6, 6.07) is 12.3. The fraction of sp³-hybridized carbons (Fsp3) is 0.481. The van der Waals surface area contributed by atoms with Crippen molar-refractivity contribution in [1.82, 2.24) is 0 Å². The monoisotopic (exact) mass is 469 g/mol. The number of anilines is 2. The Kier molecular flexibility index (Phi) is 9.30. The first-order chi connectivity index (χ1) is 15.0. The van der Waals surface area contributed by atoms with Crippen molar-refractivity contribution in [2.45, 2.75) is 85.5 Å². The molecule has 0 atom stereocenters. The fourth-order valence-corrected chi connectivity index (χ4v) is 4.52. The van der Waals surface area contributed by atoms with Crippen LogP contribution in [0.1, 0.15) is 108 Å². The molecule has 0 spiro atoms. The van der Waals surface area contributed by atoms with Crippen LogP contribution in [0.4, 0.5) is 11.4 Å². The zero-order valence-corrected chi connectivity index (χ0v) is 22.3. The molecule has 0 saturated carbocycles. The molecule has 0 heterocycles. The second kappa shape index (κ2) is 11.3. The van der Waals surface area contributed by atoms with Gasteiger partial charge in [-0.25, -0.2) is 0 Å². The van der Waals surface area contributed by atoms with E-state index in [1.807, 2.05) is 18.2 Å². The molecule has 0 aromatic heterocycles. The summed E-state index contributed by atoms with van der Waals surface area (Å²) in [5.74, 6) is 0.622. The van der Waals surface area contributed by atoms with Gasteiger partial charge in [-0.2, -0.15) is 0 Å². The number of benzene rings is 2. The summed E-state index contributed by atoms with van der Waals surface area (Å²) in [4.78, 5) is 26.2. The summed E-state index contributed by atoms with van der Waals surface area (Å²) in [6.07, 6.45) is -0.190. The van der Waals surface area contributed by atoms with Crippen molar-refractivity contribution in [3.63, 3.8) is 0 Å². The maximum atomic E-state index is 13.2. The number of para-hydroxylation sites is 2. The van der Waals surface area contributed by atoms with Crippen molar-refractivity contribution in [2.75, 3.05) is 8.70 Å². The number of carbonyl (C=O) groups excluding carboxylic acids is 2. The normalized spacial score (nSPS) is 11.5. The molecule has 1 N–H and O–H groups in total. The molecule has 2 rings (SSSR count). The standard InChI is InChI=1S/C27H38N2O2.Ti/c1-16(2)20-11-9-12-21(17(3)4)26(20)28-24(30)15-25(31)29-27-22(18(5)6)13-10-14-23(27)19(7)8;/h9-14,16-19H,15H2,1-8H3,(H2,28,29,30,31);/q;+1/p-1. The molecule has 5 heteroatoms. The van der Waals surface area contributed by atoms with Gasteiger partial charge in [-0.15, -0.1) is 0 Å². The Morgan fingerprint density at radius 2 is 1.12 bits per heavy atom. The van der Waals surface area contributed by atoms with Gasteiger partial charge in [-0.1, -0.05) is 0 Å². The Balaban J connectivity index is 2.32. The van der Waals surface area contributed by atoms with Gasteiger partial charge in [0.25, 0.3) is 0 Å². The number of carbonyl (C=O) groups is 2. The minimum atomic E-state index is -0.273. The Bertz CT molecular complexity index is 912. The molecular weight excluding hydrogens is 432 g/mol. The van der Waals surface area contributed by atoms with Crippen molar-refractivity contribution in [3.05, 3.63) is 58.7 Å². The molecule has 2 aromatic rings. The third-order valence-corrected chi connectivity index (χ3v) is 6.50. The van der Waals surface area contributed by atoms with Crippen molar-refractivity contribution >= 4 is 23.2 Å². The van der Waals surface area contributed by atoms with Crippen LogP contribution >= 0.6 is 0 Å². The van der Waals surface area contributed by atoms with Gasteiger partial charge in [0.2, 0.25) is 0 Å². The summed E-state index contributed by atoms with van der Waals surface area (Å²) >= 11 is 1.78. The van der Waals surface area contributed by atoms with E-state index in [1.165, 1.54) is 0 Å². The van der Waals surface area contributed by atoms with Crippen molar-refractivity contribution in [1.29, 1.82) is 0 Å². The Morgan fingerprint density at radius 3 is 1.50 bits per heavy atom.